The molecule has 1 unspecified atom stereocenters. The fourth-order valence-corrected chi connectivity index (χ4v) is 1.97. The molecule has 0 fully saturated rings. The first kappa shape index (κ1) is 19.4. The average molecular weight is 238 g/mol. The molecule has 0 saturated carbocycles. The molecule has 0 aliphatic rings. The summed E-state index contributed by atoms with van der Waals surface area (Å²) < 4.78 is 23.1. The van der Waals surface area contributed by atoms with Crippen LogP contribution in [-0.4, -0.2) is 14.5 Å². The van der Waals surface area contributed by atoms with Gasteiger partial charge in [0.15, 0.2) is 0 Å². The molecule has 82 valence electrons. The van der Waals surface area contributed by atoms with Crippen molar-refractivity contribution in [1.82, 2.24) is 0 Å². The largest absolute Gasteiger partial charge is 1.00 e. The molecule has 0 aromatic heterocycles. The Morgan fingerprint density at radius 1 is 1.24 bits per heavy atom. The standard InChI is InChI=1S/C11H12O3S.2Li/c1-9-3-5-11(6-4-9)15(13,14)8-7-10(2)12;;/h3-7,10H,1-2H3;;/q-2;2*+1. The van der Waals surface area contributed by atoms with Crippen LogP contribution < -0.4 is 42.8 Å². The zero-order chi connectivity index (χ0) is 11.5. The number of hydrogen-bond acceptors (Lipinski definition) is 3. The third-order valence-corrected chi connectivity index (χ3v) is 3.13. The van der Waals surface area contributed by atoms with Crippen molar-refractivity contribution >= 4 is 9.84 Å². The van der Waals surface area contributed by atoms with E-state index in [4.69, 9.17) is 0 Å². The number of rotatable bonds is 3. The Hall–Kier alpha value is 0.0648. The monoisotopic (exact) mass is 238 g/mol. The van der Waals surface area contributed by atoms with E-state index >= 15 is 0 Å². The Morgan fingerprint density at radius 2 is 1.71 bits per heavy atom. The van der Waals surface area contributed by atoms with Gasteiger partial charge in [-0.15, -0.1) is 6.10 Å². The smallest absolute Gasteiger partial charge is 0.851 e. The molecular weight excluding hydrogens is 226 g/mol. The third-order valence-electron chi connectivity index (χ3n) is 1.79. The van der Waals surface area contributed by atoms with E-state index in [1.54, 1.807) is 12.1 Å². The van der Waals surface area contributed by atoms with Gasteiger partial charge >= 0.3 is 37.7 Å². The molecule has 3 nitrogen and oxygen atoms in total. The van der Waals surface area contributed by atoms with Crippen molar-refractivity contribution < 1.29 is 51.2 Å². The van der Waals surface area contributed by atoms with Gasteiger partial charge in [-0.1, -0.05) is 24.6 Å². The van der Waals surface area contributed by atoms with Crippen LogP contribution in [0, 0.1) is 12.3 Å². The SMILES string of the molecule is Cc1ccc(S(=O)(=O)[C-]=CC(C)[O-])cc1.[Li+].[Li+]. The average Bonchev–Trinajstić information content (AvgIpc) is 2.16. The molecule has 0 heterocycles. The fraction of sp³-hybridized carbons (Fsp3) is 0.273. The number of aryl methyl sites for hydroxylation is 1. The second kappa shape index (κ2) is 8.22. The van der Waals surface area contributed by atoms with Gasteiger partial charge in [0, 0.05) is 14.7 Å². The molecule has 0 saturated heterocycles. The van der Waals surface area contributed by atoms with Crippen molar-refractivity contribution in [3.8, 4) is 0 Å². The molecule has 0 amide bonds. The normalized spacial score (nSPS) is 12.6. The molecule has 17 heavy (non-hydrogen) atoms. The summed E-state index contributed by atoms with van der Waals surface area (Å²) in [5.41, 5.74) is 0.982. The molecule has 0 aliphatic carbocycles. The minimum Gasteiger partial charge on any atom is -0.851 e. The van der Waals surface area contributed by atoms with Gasteiger partial charge in [-0.05, 0) is 19.1 Å². The predicted octanol–water partition coefficient (Wildman–Crippen LogP) is -5.16. The first-order valence-electron chi connectivity index (χ1n) is 4.50. The fourth-order valence-electron chi connectivity index (χ4n) is 0.971. The molecule has 0 spiro atoms. The van der Waals surface area contributed by atoms with Gasteiger partial charge in [0.2, 0.25) is 0 Å². The third kappa shape index (κ3) is 6.53. The first-order valence-corrected chi connectivity index (χ1v) is 5.98. The zero-order valence-electron chi connectivity index (χ0n) is 10.6. The zero-order valence-corrected chi connectivity index (χ0v) is 11.4. The van der Waals surface area contributed by atoms with Gasteiger partial charge in [-0.2, -0.15) is 0 Å². The van der Waals surface area contributed by atoms with Gasteiger partial charge in [0.1, 0.15) is 0 Å². The van der Waals surface area contributed by atoms with Crippen LogP contribution >= 0.6 is 0 Å². The van der Waals surface area contributed by atoms with Crippen molar-refractivity contribution in [2.24, 2.45) is 0 Å². The molecule has 1 rings (SSSR count). The molecule has 1 aromatic rings. The van der Waals surface area contributed by atoms with Gasteiger partial charge in [-0.3, -0.25) is 14.5 Å². The van der Waals surface area contributed by atoms with Crippen molar-refractivity contribution in [2.75, 3.05) is 0 Å². The van der Waals surface area contributed by atoms with Crippen LogP contribution in [0.3, 0.4) is 0 Å². The van der Waals surface area contributed by atoms with E-state index in [0.717, 1.165) is 11.6 Å². The van der Waals surface area contributed by atoms with E-state index in [9.17, 15) is 13.5 Å². The maximum Gasteiger partial charge on any atom is 1.00 e. The minimum atomic E-state index is -3.58. The van der Waals surface area contributed by atoms with E-state index in [1.165, 1.54) is 19.1 Å². The molecule has 1 atom stereocenters. The Kier molecular flexibility index (Phi) is 9.38. The second-order valence-electron chi connectivity index (χ2n) is 3.31. The molecular formula is C11H12Li2O3S. The summed E-state index contributed by atoms with van der Waals surface area (Å²) in [6.07, 6.45) is -0.0555. The summed E-state index contributed by atoms with van der Waals surface area (Å²) in [7, 11) is -3.58. The first-order chi connectivity index (χ1) is 6.92. The summed E-state index contributed by atoms with van der Waals surface area (Å²) in [4.78, 5) is 0.157. The van der Waals surface area contributed by atoms with Gasteiger partial charge in [0.05, 0.1) is 0 Å². The summed E-state index contributed by atoms with van der Waals surface area (Å²) in [5, 5.41) is 12.8. The van der Waals surface area contributed by atoms with Crippen LogP contribution in [0.2, 0.25) is 0 Å². The topological polar surface area (TPSA) is 57.2 Å². The molecule has 0 N–H and O–H groups in total. The van der Waals surface area contributed by atoms with E-state index in [1.807, 2.05) is 6.92 Å². The summed E-state index contributed by atoms with van der Waals surface area (Å²) in [6, 6.07) is 6.41. The number of benzene rings is 1. The van der Waals surface area contributed by atoms with Gasteiger partial charge in [0.25, 0.3) is 0 Å². The number of hydrogen-bond donors (Lipinski definition) is 0. The summed E-state index contributed by atoms with van der Waals surface area (Å²) in [5.74, 6) is 0. The quantitative estimate of drug-likeness (QED) is 0.391. The molecule has 6 heteroatoms. The van der Waals surface area contributed by atoms with Crippen LogP contribution in [0.5, 0.6) is 0 Å². The van der Waals surface area contributed by atoms with E-state index in [-0.39, 0.29) is 42.6 Å². The van der Waals surface area contributed by atoms with Crippen LogP contribution in [0.1, 0.15) is 12.5 Å². The Bertz CT molecular complexity index is 450. The summed E-state index contributed by atoms with van der Waals surface area (Å²) in [6.45, 7) is 3.23. The Morgan fingerprint density at radius 3 is 2.12 bits per heavy atom. The van der Waals surface area contributed by atoms with Crippen LogP contribution in [-0.2, 0) is 9.84 Å². The van der Waals surface area contributed by atoms with Crippen molar-refractivity contribution in [3.63, 3.8) is 0 Å². The molecule has 0 radical (unpaired) electrons. The van der Waals surface area contributed by atoms with Gasteiger partial charge < -0.3 is 10.5 Å². The number of sulfone groups is 1. The molecule has 0 bridgehead atoms. The molecule has 1 aromatic carbocycles. The van der Waals surface area contributed by atoms with Gasteiger partial charge in [-0.25, -0.2) is 0 Å². The second-order valence-corrected chi connectivity index (χ2v) is 5.02. The Balaban J connectivity index is 0. The maximum absolute atomic E-state index is 11.6. The van der Waals surface area contributed by atoms with Crippen LogP contribution in [0.15, 0.2) is 35.2 Å². The maximum atomic E-state index is 11.6. The van der Waals surface area contributed by atoms with Crippen LogP contribution in [0.25, 0.3) is 0 Å². The van der Waals surface area contributed by atoms with Crippen molar-refractivity contribution in [2.45, 2.75) is 24.8 Å². The minimum absolute atomic E-state index is 0. The van der Waals surface area contributed by atoms with E-state index < -0.39 is 15.9 Å². The predicted molar refractivity (Wildman–Crippen MR) is 55.6 cm³/mol. The van der Waals surface area contributed by atoms with E-state index in [0.29, 0.717) is 0 Å². The molecule has 0 aliphatic heterocycles. The van der Waals surface area contributed by atoms with Crippen molar-refractivity contribution in [3.05, 3.63) is 41.3 Å². The Labute approximate surface area is 127 Å². The van der Waals surface area contributed by atoms with Crippen LogP contribution in [0.4, 0.5) is 0 Å². The van der Waals surface area contributed by atoms with Crippen molar-refractivity contribution in [1.29, 1.82) is 0 Å². The van der Waals surface area contributed by atoms with E-state index in [2.05, 4.69) is 5.41 Å². The summed E-state index contributed by atoms with van der Waals surface area (Å²) >= 11 is 0.